The van der Waals surface area contributed by atoms with E-state index in [4.69, 9.17) is 18.9 Å². The van der Waals surface area contributed by atoms with Crippen LogP contribution in [-0.2, 0) is 20.7 Å². The summed E-state index contributed by atoms with van der Waals surface area (Å²) in [5.74, 6) is 2.23. The highest BCUT2D eigenvalue weighted by atomic mass is 16.5. The van der Waals surface area contributed by atoms with Crippen LogP contribution in [0.3, 0.4) is 0 Å². The molecule has 0 aromatic heterocycles. The Balaban J connectivity index is 2.75. The van der Waals surface area contributed by atoms with Gasteiger partial charge in [0.2, 0.25) is 0 Å². The van der Waals surface area contributed by atoms with E-state index in [0.717, 1.165) is 30.8 Å². The van der Waals surface area contributed by atoms with Crippen molar-refractivity contribution in [2.75, 3.05) is 34.5 Å². The highest BCUT2D eigenvalue weighted by molar-refractivity contribution is 5.69. The Labute approximate surface area is 151 Å². The second kappa shape index (κ2) is 11.7. The Kier molecular flexibility index (Phi) is 10.0. The zero-order valence-corrected chi connectivity index (χ0v) is 16.2. The summed E-state index contributed by atoms with van der Waals surface area (Å²) in [5, 5.41) is 0. The lowest BCUT2D eigenvalue weighted by molar-refractivity contribution is -0.141. The van der Waals surface area contributed by atoms with Crippen LogP contribution in [-0.4, -0.2) is 40.5 Å². The maximum absolute atomic E-state index is 11.4. The minimum absolute atomic E-state index is 0.150. The molecule has 0 bridgehead atoms. The van der Waals surface area contributed by atoms with Gasteiger partial charge < -0.3 is 18.9 Å². The minimum atomic E-state index is -0.150. The molecule has 0 aliphatic rings. The standard InChI is InChI=1S/C20H32O5/c1-15(2)17(8-10-20(21)24-5)13-16-7-9-18(23-4)19(14-16)25-12-6-11-22-3/h7,9,14-15,17H,6,8,10-13H2,1-5H3. The molecule has 1 rings (SSSR count). The molecule has 0 saturated heterocycles. The summed E-state index contributed by atoms with van der Waals surface area (Å²) in [5.41, 5.74) is 1.19. The van der Waals surface area contributed by atoms with Crippen molar-refractivity contribution >= 4 is 5.97 Å². The number of methoxy groups -OCH3 is 3. The van der Waals surface area contributed by atoms with Crippen molar-refractivity contribution in [3.63, 3.8) is 0 Å². The fourth-order valence-corrected chi connectivity index (χ4v) is 2.73. The van der Waals surface area contributed by atoms with E-state index in [2.05, 4.69) is 19.9 Å². The van der Waals surface area contributed by atoms with E-state index in [1.807, 2.05) is 12.1 Å². The number of hydrogen-bond donors (Lipinski definition) is 0. The van der Waals surface area contributed by atoms with Crippen LogP contribution in [0.15, 0.2) is 18.2 Å². The Bertz CT molecular complexity index is 513. The molecule has 0 aliphatic heterocycles. The first-order chi connectivity index (χ1) is 12.0. The molecule has 142 valence electrons. The van der Waals surface area contributed by atoms with Crippen molar-refractivity contribution in [2.45, 2.75) is 39.5 Å². The number of esters is 1. The van der Waals surface area contributed by atoms with Gasteiger partial charge in [-0.25, -0.2) is 0 Å². The van der Waals surface area contributed by atoms with Crippen LogP contribution in [0.4, 0.5) is 0 Å². The topological polar surface area (TPSA) is 54.0 Å². The van der Waals surface area contributed by atoms with Crippen LogP contribution >= 0.6 is 0 Å². The van der Waals surface area contributed by atoms with Gasteiger partial charge in [0.25, 0.3) is 0 Å². The molecule has 0 heterocycles. The third-order valence-corrected chi connectivity index (χ3v) is 4.37. The molecule has 1 atom stereocenters. The fourth-order valence-electron chi connectivity index (χ4n) is 2.73. The van der Waals surface area contributed by atoms with Gasteiger partial charge in [-0.3, -0.25) is 4.79 Å². The van der Waals surface area contributed by atoms with Crippen molar-refractivity contribution in [3.05, 3.63) is 23.8 Å². The monoisotopic (exact) mass is 352 g/mol. The number of carbonyl (C=O) groups excluding carboxylic acids is 1. The highest BCUT2D eigenvalue weighted by Crippen LogP contribution is 2.31. The van der Waals surface area contributed by atoms with Crippen LogP contribution in [0.25, 0.3) is 0 Å². The number of carbonyl (C=O) groups is 1. The van der Waals surface area contributed by atoms with E-state index in [1.54, 1.807) is 14.2 Å². The van der Waals surface area contributed by atoms with Gasteiger partial charge in [0.15, 0.2) is 11.5 Å². The summed E-state index contributed by atoms with van der Waals surface area (Å²) < 4.78 is 21.0. The first-order valence-corrected chi connectivity index (χ1v) is 8.87. The first-order valence-electron chi connectivity index (χ1n) is 8.87. The maximum atomic E-state index is 11.4. The molecule has 0 N–H and O–H groups in total. The number of benzene rings is 1. The molecular formula is C20H32O5. The van der Waals surface area contributed by atoms with Gasteiger partial charge in [-0.2, -0.15) is 0 Å². The lowest BCUT2D eigenvalue weighted by Gasteiger charge is -2.21. The largest absolute Gasteiger partial charge is 0.493 e. The molecule has 0 aliphatic carbocycles. The minimum Gasteiger partial charge on any atom is -0.493 e. The molecule has 1 aromatic carbocycles. The number of ether oxygens (including phenoxy) is 4. The van der Waals surface area contributed by atoms with E-state index in [9.17, 15) is 4.79 Å². The third kappa shape index (κ3) is 7.78. The Morgan fingerprint density at radius 2 is 1.84 bits per heavy atom. The van der Waals surface area contributed by atoms with Crippen LogP contribution in [0.2, 0.25) is 0 Å². The molecule has 5 heteroatoms. The summed E-state index contributed by atoms with van der Waals surface area (Å²) in [6, 6.07) is 6.05. The maximum Gasteiger partial charge on any atom is 0.305 e. The van der Waals surface area contributed by atoms with E-state index in [1.165, 1.54) is 12.7 Å². The van der Waals surface area contributed by atoms with Crippen LogP contribution in [0, 0.1) is 11.8 Å². The molecule has 0 saturated carbocycles. The van der Waals surface area contributed by atoms with E-state index in [-0.39, 0.29) is 5.97 Å². The van der Waals surface area contributed by atoms with Crippen LogP contribution in [0.1, 0.15) is 38.7 Å². The first kappa shape index (κ1) is 21.3. The van der Waals surface area contributed by atoms with Gasteiger partial charge in [-0.05, 0) is 42.4 Å². The zero-order valence-electron chi connectivity index (χ0n) is 16.2. The quantitative estimate of drug-likeness (QED) is 0.422. The second-order valence-electron chi connectivity index (χ2n) is 6.50. The van der Waals surface area contributed by atoms with Crippen molar-refractivity contribution in [1.82, 2.24) is 0 Å². The molecule has 5 nitrogen and oxygen atoms in total. The zero-order chi connectivity index (χ0) is 18.7. The average Bonchev–Trinajstić information content (AvgIpc) is 2.61. The summed E-state index contributed by atoms with van der Waals surface area (Å²) in [4.78, 5) is 11.4. The Morgan fingerprint density at radius 3 is 2.44 bits per heavy atom. The van der Waals surface area contributed by atoms with Gasteiger partial charge in [-0.15, -0.1) is 0 Å². The van der Waals surface area contributed by atoms with Crippen LogP contribution in [0.5, 0.6) is 11.5 Å². The van der Waals surface area contributed by atoms with Gasteiger partial charge in [-0.1, -0.05) is 19.9 Å². The van der Waals surface area contributed by atoms with Gasteiger partial charge in [0.05, 0.1) is 20.8 Å². The predicted molar refractivity (Wildman–Crippen MR) is 98.3 cm³/mol. The molecular weight excluding hydrogens is 320 g/mol. The molecule has 1 aromatic rings. The lowest BCUT2D eigenvalue weighted by atomic mass is 9.85. The average molecular weight is 352 g/mol. The number of rotatable bonds is 12. The van der Waals surface area contributed by atoms with E-state index < -0.39 is 0 Å². The smallest absolute Gasteiger partial charge is 0.305 e. The van der Waals surface area contributed by atoms with E-state index >= 15 is 0 Å². The van der Waals surface area contributed by atoms with Crippen molar-refractivity contribution in [2.24, 2.45) is 11.8 Å². The molecule has 0 spiro atoms. The van der Waals surface area contributed by atoms with Crippen LogP contribution < -0.4 is 9.47 Å². The van der Waals surface area contributed by atoms with E-state index in [0.29, 0.717) is 31.5 Å². The van der Waals surface area contributed by atoms with Crippen molar-refractivity contribution < 1.29 is 23.7 Å². The molecule has 25 heavy (non-hydrogen) atoms. The fraction of sp³-hybridized carbons (Fsp3) is 0.650. The third-order valence-electron chi connectivity index (χ3n) is 4.37. The Morgan fingerprint density at radius 1 is 1.08 bits per heavy atom. The molecule has 1 unspecified atom stereocenters. The SMILES string of the molecule is COCCCOc1cc(CC(CCC(=O)OC)C(C)C)ccc1OC. The molecule has 0 fully saturated rings. The summed E-state index contributed by atoms with van der Waals surface area (Å²) >= 11 is 0. The molecule has 0 radical (unpaired) electrons. The predicted octanol–water partition coefficient (Wildman–Crippen LogP) is 3.88. The second-order valence-corrected chi connectivity index (χ2v) is 6.50. The van der Waals surface area contributed by atoms with Gasteiger partial charge in [0.1, 0.15) is 0 Å². The Hall–Kier alpha value is -1.75. The summed E-state index contributed by atoms with van der Waals surface area (Å²) in [6.45, 7) is 5.63. The number of hydrogen-bond acceptors (Lipinski definition) is 5. The van der Waals surface area contributed by atoms with Crippen molar-refractivity contribution in [3.8, 4) is 11.5 Å². The highest BCUT2D eigenvalue weighted by Gasteiger charge is 2.17. The lowest BCUT2D eigenvalue weighted by Crippen LogP contribution is -2.15. The summed E-state index contributed by atoms with van der Waals surface area (Å²) in [6.07, 6.45) is 3.00. The van der Waals surface area contributed by atoms with Crippen molar-refractivity contribution in [1.29, 1.82) is 0 Å². The van der Waals surface area contributed by atoms with Gasteiger partial charge in [0, 0.05) is 26.6 Å². The summed E-state index contributed by atoms with van der Waals surface area (Å²) in [7, 11) is 4.76. The molecule has 0 amide bonds. The normalized spacial score (nSPS) is 12.1. The van der Waals surface area contributed by atoms with Gasteiger partial charge >= 0.3 is 5.97 Å².